The summed E-state index contributed by atoms with van der Waals surface area (Å²) >= 11 is 0. The molecule has 0 atom stereocenters. The Morgan fingerprint density at radius 3 is 1.35 bits per heavy atom. The highest BCUT2D eigenvalue weighted by molar-refractivity contribution is 4.73. The minimum atomic E-state index is 1.14. The molecule has 3 heterocycles. The lowest BCUT2D eigenvalue weighted by Crippen LogP contribution is -2.35. The molecule has 3 rings (SSSR count). The molecule has 3 N–H and O–H groups in total. The topological polar surface area (TPSA) is 48.4 Å². The van der Waals surface area contributed by atoms with Crippen LogP contribution < -0.4 is 16.0 Å². The van der Waals surface area contributed by atoms with Gasteiger partial charge in [0.2, 0.25) is 0 Å². The van der Waals surface area contributed by atoms with Crippen LogP contribution >= 0.6 is 0 Å². The molecule has 3 saturated heterocycles. The van der Waals surface area contributed by atoms with Crippen LogP contribution in [0, 0.1) is 0 Å². The number of nitrogens with one attached hydrogen (secondary N) is 3. The third-order valence-electron chi connectivity index (χ3n) is 6.61. The van der Waals surface area contributed by atoms with Gasteiger partial charge in [0.15, 0.2) is 0 Å². The predicted octanol–water partition coefficient (Wildman–Crippen LogP) is 0.345. The van der Waals surface area contributed by atoms with Gasteiger partial charge in [-0.25, -0.2) is 0 Å². The van der Waals surface area contributed by atoms with Crippen molar-refractivity contribution in [2.24, 2.45) is 0 Å². The summed E-state index contributed by atoms with van der Waals surface area (Å²) < 4.78 is 0. The molecule has 7 heteroatoms. The Hall–Kier alpha value is -0.280. The fourth-order valence-corrected chi connectivity index (χ4v) is 4.13. The first kappa shape index (κ1) is 25.3. The van der Waals surface area contributed by atoms with Gasteiger partial charge in [0.1, 0.15) is 0 Å². The average Bonchev–Trinajstić information content (AvgIpc) is 3.62. The van der Waals surface area contributed by atoms with Gasteiger partial charge in [0.05, 0.1) is 0 Å². The van der Waals surface area contributed by atoms with E-state index in [1.807, 2.05) is 0 Å². The predicted molar refractivity (Wildman–Crippen MR) is 132 cm³/mol. The fraction of sp³-hybridized carbons (Fsp3) is 1.00. The van der Waals surface area contributed by atoms with E-state index < -0.39 is 0 Å². The monoisotopic (exact) mass is 437 g/mol. The minimum Gasteiger partial charge on any atom is -0.317 e. The lowest BCUT2D eigenvalue weighted by atomic mass is 10.2. The number of unbranched alkanes of at least 4 members (excludes halogenated alkanes) is 1. The van der Waals surface area contributed by atoms with E-state index in [-0.39, 0.29) is 0 Å². The Morgan fingerprint density at radius 2 is 0.839 bits per heavy atom. The quantitative estimate of drug-likeness (QED) is 0.149. The standard InChI is InChI=1S/C24H51N7/c1(7-25-8-4-15-29-19-20-29)2-13-28(18-12-27-11-6-17-31-23-24-31)14-3-9-26-10-5-16-30-21-22-30/h25-27H,1-24H2. The molecule has 7 nitrogen and oxygen atoms in total. The first-order valence-corrected chi connectivity index (χ1v) is 13.4. The van der Waals surface area contributed by atoms with Gasteiger partial charge in [-0.15, -0.1) is 0 Å². The highest BCUT2D eigenvalue weighted by atomic mass is 15.3. The van der Waals surface area contributed by atoms with Crippen molar-refractivity contribution in [2.45, 2.75) is 38.5 Å². The van der Waals surface area contributed by atoms with E-state index in [1.165, 1.54) is 150 Å². The van der Waals surface area contributed by atoms with Crippen molar-refractivity contribution in [1.82, 2.24) is 35.6 Å². The number of nitrogens with zero attached hydrogens (tertiary/aromatic N) is 4. The second kappa shape index (κ2) is 16.4. The minimum absolute atomic E-state index is 1.14. The molecule has 182 valence electrons. The van der Waals surface area contributed by atoms with Gasteiger partial charge in [-0.2, -0.15) is 0 Å². The molecular formula is C24H51N7. The molecule has 3 fully saturated rings. The third-order valence-corrected chi connectivity index (χ3v) is 6.61. The van der Waals surface area contributed by atoms with Crippen molar-refractivity contribution in [3.63, 3.8) is 0 Å². The molecule has 0 bridgehead atoms. The Balaban J connectivity index is 1.14. The molecule has 0 aliphatic carbocycles. The van der Waals surface area contributed by atoms with E-state index in [9.17, 15) is 0 Å². The van der Waals surface area contributed by atoms with Crippen molar-refractivity contribution in [3.8, 4) is 0 Å². The number of rotatable bonds is 24. The van der Waals surface area contributed by atoms with Gasteiger partial charge in [0.25, 0.3) is 0 Å². The van der Waals surface area contributed by atoms with E-state index in [1.54, 1.807) is 0 Å². The van der Waals surface area contributed by atoms with Crippen LogP contribution in [-0.2, 0) is 0 Å². The molecule has 3 aliphatic heterocycles. The maximum atomic E-state index is 3.67. The highest BCUT2D eigenvalue weighted by Gasteiger charge is 2.16. The van der Waals surface area contributed by atoms with Crippen LogP contribution in [0.4, 0.5) is 0 Å². The first-order chi connectivity index (χ1) is 15.4. The zero-order chi connectivity index (χ0) is 21.4. The summed E-state index contributed by atoms with van der Waals surface area (Å²) in [6.07, 6.45) is 7.80. The zero-order valence-corrected chi connectivity index (χ0v) is 20.3. The summed E-state index contributed by atoms with van der Waals surface area (Å²) in [7, 11) is 0. The Kier molecular flexibility index (Phi) is 13.4. The van der Waals surface area contributed by atoms with E-state index in [0.29, 0.717) is 0 Å². The Labute approximate surface area is 192 Å². The highest BCUT2D eigenvalue weighted by Crippen LogP contribution is 2.04. The summed E-state index contributed by atoms with van der Waals surface area (Å²) in [6.45, 7) is 22.5. The molecule has 0 saturated carbocycles. The van der Waals surface area contributed by atoms with E-state index >= 15 is 0 Å². The summed E-state index contributed by atoms with van der Waals surface area (Å²) in [6, 6.07) is 0. The lowest BCUT2D eigenvalue weighted by molar-refractivity contribution is 0.262. The van der Waals surface area contributed by atoms with Gasteiger partial charge in [0, 0.05) is 52.4 Å². The van der Waals surface area contributed by atoms with Crippen LogP contribution in [0.2, 0.25) is 0 Å². The van der Waals surface area contributed by atoms with Crippen molar-refractivity contribution < 1.29 is 0 Å². The second-order valence-corrected chi connectivity index (χ2v) is 9.74. The molecule has 31 heavy (non-hydrogen) atoms. The van der Waals surface area contributed by atoms with Crippen molar-refractivity contribution in [1.29, 1.82) is 0 Å². The van der Waals surface area contributed by atoms with E-state index in [4.69, 9.17) is 0 Å². The summed E-state index contributed by atoms with van der Waals surface area (Å²) in [5, 5.41) is 10.9. The molecule has 3 aliphatic rings. The Bertz CT molecular complexity index is 424. The normalized spacial score (nSPS) is 18.9. The molecule has 0 amide bonds. The van der Waals surface area contributed by atoms with Gasteiger partial charge < -0.3 is 35.6 Å². The van der Waals surface area contributed by atoms with Crippen LogP contribution in [0.5, 0.6) is 0 Å². The molecule has 0 spiro atoms. The van der Waals surface area contributed by atoms with Crippen molar-refractivity contribution >= 4 is 0 Å². The number of hydrogen-bond donors (Lipinski definition) is 3. The van der Waals surface area contributed by atoms with E-state index in [2.05, 4.69) is 35.6 Å². The smallest absolute Gasteiger partial charge is 0.0110 e. The SMILES string of the molecule is C(CCN(CCCNCCCN1CC1)CCNCCCN1CC1)CNCCCN1CC1. The van der Waals surface area contributed by atoms with Crippen molar-refractivity contribution in [3.05, 3.63) is 0 Å². The Morgan fingerprint density at radius 1 is 0.419 bits per heavy atom. The van der Waals surface area contributed by atoms with Gasteiger partial charge in [-0.05, 0) is 104 Å². The van der Waals surface area contributed by atoms with Crippen LogP contribution in [0.15, 0.2) is 0 Å². The largest absolute Gasteiger partial charge is 0.317 e. The lowest BCUT2D eigenvalue weighted by Gasteiger charge is -2.23. The molecule has 0 aromatic heterocycles. The first-order valence-electron chi connectivity index (χ1n) is 13.4. The number of hydrogen-bond acceptors (Lipinski definition) is 7. The summed E-state index contributed by atoms with van der Waals surface area (Å²) in [5.74, 6) is 0. The third kappa shape index (κ3) is 15.2. The molecule has 0 unspecified atom stereocenters. The van der Waals surface area contributed by atoms with Gasteiger partial charge in [-0.3, -0.25) is 0 Å². The molecule has 0 aromatic carbocycles. The zero-order valence-electron chi connectivity index (χ0n) is 20.3. The fourth-order valence-electron chi connectivity index (χ4n) is 4.13. The van der Waals surface area contributed by atoms with Crippen LogP contribution in [0.25, 0.3) is 0 Å². The van der Waals surface area contributed by atoms with Crippen LogP contribution in [-0.4, -0.2) is 137 Å². The average molecular weight is 438 g/mol. The molecular weight excluding hydrogens is 386 g/mol. The molecule has 0 aromatic rings. The summed E-state index contributed by atoms with van der Waals surface area (Å²) in [4.78, 5) is 10.2. The van der Waals surface area contributed by atoms with Crippen molar-refractivity contribution in [2.75, 3.05) is 118 Å². The second-order valence-electron chi connectivity index (χ2n) is 9.74. The van der Waals surface area contributed by atoms with Crippen LogP contribution in [0.3, 0.4) is 0 Å². The maximum Gasteiger partial charge on any atom is 0.0110 e. The molecule has 0 radical (unpaired) electrons. The van der Waals surface area contributed by atoms with E-state index in [0.717, 1.165) is 6.54 Å². The van der Waals surface area contributed by atoms with Crippen LogP contribution in [0.1, 0.15) is 38.5 Å². The summed E-state index contributed by atoms with van der Waals surface area (Å²) in [5.41, 5.74) is 0. The van der Waals surface area contributed by atoms with Gasteiger partial charge >= 0.3 is 0 Å². The maximum absolute atomic E-state index is 3.67. The van der Waals surface area contributed by atoms with Gasteiger partial charge in [-0.1, -0.05) is 0 Å².